The fourth-order valence-electron chi connectivity index (χ4n) is 2.73. The van der Waals surface area contributed by atoms with Crippen molar-refractivity contribution >= 4 is 44.6 Å². The number of anilines is 1. The molecule has 0 saturated carbocycles. The van der Waals surface area contributed by atoms with E-state index in [-0.39, 0.29) is 5.91 Å². The number of imidazole rings is 1. The molecule has 2 heterocycles. The highest BCUT2D eigenvalue weighted by Crippen LogP contribution is 2.29. The number of amides is 1. The highest BCUT2D eigenvalue weighted by Gasteiger charge is 2.20. The van der Waals surface area contributed by atoms with Crippen LogP contribution in [-0.2, 0) is 11.2 Å². The number of carbonyl (C=O) groups is 1. The Morgan fingerprint density at radius 1 is 1.33 bits per heavy atom. The molecular weight excluding hydrogens is 387 g/mol. The van der Waals surface area contributed by atoms with Crippen LogP contribution in [0.2, 0.25) is 0 Å². The van der Waals surface area contributed by atoms with E-state index in [4.69, 9.17) is 0 Å². The molecule has 1 amide bonds. The molecule has 0 radical (unpaired) electrons. The fourth-order valence-corrected chi connectivity index (χ4v) is 3.98. The summed E-state index contributed by atoms with van der Waals surface area (Å²) in [6, 6.07) is 9.17. The van der Waals surface area contributed by atoms with Crippen LogP contribution in [0.3, 0.4) is 0 Å². The number of aromatic nitrogens is 3. The number of H-pyrrole nitrogens is 1. The standard InChI is InChI=1S/C18H13FN4O2S2/c1-27(25)14-6-5-10(19)9-12(14)16-21-13-4-2-3-11(15(13)22-16)17(24)23-18-20-7-8-26-18/h2-9H,1H3,(H,21,22)(H,20,23,24). The fraction of sp³-hybridized carbons (Fsp3) is 0.0556. The zero-order chi connectivity index (χ0) is 19.0. The molecule has 0 fully saturated rings. The maximum absolute atomic E-state index is 13.8. The Kier molecular flexibility index (Phi) is 4.65. The Hall–Kier alpha value is -2.75. The van der Waals surface area contributed by atoms with Crippen LogP contribution in [-0.4, -0.2) is 31.7 Å². The van der Waals surface area contributed by atoms with Crippen LogP contribution in [0.1, 0.15) is 10.4 Å². The third-order valence-electron chi connectivity index (χ3n) is 3.92. The summed E-state index contributed by atoms with van der Waals surface area (Å²) in [6.45, 7) is 0. The van der Waals surface area contributed by atoms with Crippen molar-refractivity contribution in [2.45, 2.75) is 4.90 Å². The molecule has 6 nitrogen and oxygen atoms in total. The molecule has 2 aromatic heterocycles. The Balaban J connectivity index is 1.80. The van der Waals surface area contributed by atoms with Crippen LogP contribution in [0.25, 0.3) is 22.4 Å². The van der Waals surface area contributed by atoms with Crippen LogP contribution in [0.5, 0.6) is 0 Å². The third kappa shape index (κ3) is 3.44. The minimum absolute atomic E-state index is 0.341. The van der Waals surface area contributed by atoms with E-state index >= 15 is 0 Å². The molecule has 1 unspecified atom stereocenters. The number of thiazole rings is 1. The summed E-state index contributed by atoms with van der Waals surface area (Å²) in [5, 5.41) is 4.97. The Morgan fingerprint density at radius 2 is 2.19 bits per heavy atom. The lowest BCUT2D eigenvalue weighted by atomic mass is 10.2. The van der Waals surface area contributed by atoms with Crippen molar-refractivity contribution in [3.05, 3.63) is 59.4 Å². The quantitative estimate of drug-likeness (QED) is 0.509. The normalized spacial score (nSPS) is 12.3. The van der Waals surface area contributed by atoms with Crippen LogP contribution in [0.15, 0.2) is 52.9 Å². The van der Waals surface area contributed by atoms with Crippen LogP contribution in [0.4, 0.5) is 9.52 Å². The number of halogens is 1. The number of nitrogens with one attached hydrogen (secondary N) is 2. The van der Waals surface area contributed by atoms with Gasteiger partial charge in [-0.2, -0.15) is 0 Å². The van der Waals surface area contributed by atoms with Crippen molar-refractivity contribution in [1.29, 1.82) is 0 Å². The summed E-state index contributed by atoms with van der Waals surface area (Å²) in [5.74, 6) is -0.447. The molecule has 4 aromatic rings. The van der Waals surface area contributed by atoms with Gasteiger partial charge < -0.3 is 9.54 Å². The number of benzene rings is 2. The first kappa shape index (κ1) is 17.7. The Labute approximate surface area is 160 Å². The lowest BCUT2D eigenvalue weighted by Gasteiger charge is -2.08. The minimum Gasteiger partial charge on any atom is -0.612 e. The molecule has 0 bridgehead atoms. The molecule has 9 heteroatoms. The minimum atomic E-state index is -1.32. The van der Waals surface area contributed by atoms with Gasteiger partial charge in [0, 0.05) is 11.6 Å². The zero-order valence-corrected chi connectivity index (χ0v) is 15.7. The second-order valence-electron chi connectivity index (χ2n) is 5.67. The predicted octanol–water partition coefficient (Wildman–Crippen LogP) is 3.82. The zero-order valence-electron chi connectivity index (χ0n) is 14.0. The van der Waals surface area contributed by atoms with Gasteiger partial charge in [0.05, 0.1) is 16.6 Å². The number of rotatable bonds is 4. The van der Waals surface area contributed by atoms with E-state index in [1.54, 1.807) is 29.8 Å². The van der Waals surface area contributed by atoms with Gasteiger partial charge in [0.2, 0.25) is 0 Å². The summed E-state index contributed by atoms with van der Waals surface area (Å²) in [4.78, 5) is 24.7. The molecule has 1 atom stereocenters. The van der Waals surface area contributed by atoms with Gasteiger partial charge in [0.25, 0.3) is 5.91 Å². The van der Waals surface area contributed by atoms with E-state index in [2.05, 4.69) is 20.3 Å². The number of aromatic amines is 1. The number of nitrogens with zero attached hydrogens (tertiary/aromatic N) is 2. The van der Waals surface area contributed by atoms with Gasteiger partial charge in [0.1, 0.15) is 23.4 Å². The van der Waals surface area contributed by atoms with E-state index in [0.717, 1.165) is 0 Å². The van der Waals surface area contributed by atoms with Gasteiger partial charge >= 0.3 is 0 Å². The second kappa shape index (κ2) is 7.10. The third-order valence-corrected chi connectivity index (χ3v) is 5.58. The van der Waals surface area contributed by atoms with Gasteiger partial charge in [-0.25, -0.2) is 14.4 Å². The van der Waals surface area contributed by atoms with Crippen molar-refractivity contribution in [3.8, 4) is 11.4 Å². The highest BCUT2D eigenvalue weighted by molar-refractivity contribution is 7.90. The monoisotopic (exact) mass is 400 g/mol. The average Bonchev–Trinajstić information content (AvgIpc) is 3.30. The molecule has 0 aliphatic rings. The van der Waals surface area contributed by atoms with E-state index in [0.29, 0.717) is 38.0 Å². The van der Waals surface area contributed by atoms with Crippen molar-refractivity contribution in [3.63, 3.8) is 0 Å². The van der Waals surface area contributed by atoms with Crippen LogP contribution >= 0.6 is 11.3 Å². The lowest BCUT2D eigenvalue weighted by molar-refractivity contribution is 0.102. The first-order valence-corrected chi connectivity index (χ1v) is 10.3. The Morgan fingerprint density at radius 3 is 2.93 bits per heavy atom. The molecule has 27 heavy (non-hydrogen) atoms. The first-order valence-electron chi connectivity index (χ1n) is 7.86. The van der Waals surface area contributed by atoms with Crippen LogP contribution in [0, 0.1) is 5.82 Å². The summed E-state index contributed by atoms with van der Waals surface area (Å²) < 4.78 is 25.8. The summed E-state index contributed by atoms with van der Waals surface area (Å²) in [6.07, 6.45) is 3.12. The number of fused-ring (bicyclic) bond motifs is 1. The summed E-state index contributed by atoms with van der Waals surface area (Å²) >= 11 is -0.00644. The lowest BCUT2D eigenvalue weighted by Crippen LogP contribution is -2.12. The number of para-hydroxylation sites is 1. The maximum Gasteiger partial charge on any atom is 0.259 e. The van der Waals surface area contributed by atoms with E-state index in [1.807, 2.05) is 0 Å². The van der Waals surface area contributed by atoms with Gasteiger partial charge in [-0.1, -0.05) is 6.07 Å². The number of hydrogen-bond donors (Lipinski definition) is 2. The van der Waals surface area contributed by atoms with Gasteiger partial charge in [-0.05, 0) is 41.5 Å². The molecule has 0 spiro atoms. The smallest absolute Gasteiger partial charge is 0.259 e. The molecule has 2 N–H and O–H groups in total. The van der Waals surface area contributed by atoms with E-state index in [1.165, 1.54) is 35.8 Å². The van der Waals surface area contributed by atoms with Gasteiger partial charge in [-0.15, -0.1) is 11.3 Å². The number of carbonyl (C=O) groups excluding carboxylic acids is 1. The van der Waals surface area contributed by atoms with E-state index < -0.39 is 17.0 Å². The highest BCUT2D eigenvalue weighted by atomic mass is 32.2. The van der Waals surface area contributed by atoms with Crippen molar-refractivity contribution in [2.24, 2.45) is 0 Å². The Bertz CT molecular complexity index is 1130. The molecular formula is C18H13FN4O2S2. The molecule has 4 rings (SSSR count). The predicted molar refractivity (Wildman–Crippen MR) is 104 cm³/mol. The van der Waals surface area contributed by atoms with Gasteiger partial charge in [0.15, 0.2) is 10.0 Å². The molecule has 0 aliphatic carbocycles. The van der Waals surface area contributed by atoms with Crippen molar-refractivity contribution in [2.75, 3.05) is 11.6 Å². The molecule has 2 aromatic carbocycles. The van der Waals surface area contributed by atoms with Crippen molar-refractivity contribution < 1.29 is 13.7 Å². The van der Waals surface area contributed by atoms with Crippen molar-refractivity contribution in [1.82, 2.24) is 15.0 Å². The largest absolute Gasteiger partial charge is 0.612 e. The average molecular weight is 400 g/mol. The van der Waals surface area contributed by atoms with E-state index in [9.17, 15) is 13.7 Å². The summed E-state index contributed by atoms with van der Waals surface area (Å²) in [7, 11) is 0. The molecule has 136 valence electrons. The maximum atomic E-state index is 13.8. The molecule has 0 aliphatic heterocycles. The summed E-state index contributed by atoms with van der Waals surface area (Å²) in [5.41, 5.74) is 1.83. The first-order chi connectivity index (χ1) is 13.0. The number of hydrogen-bond acceptors (Lipinski definition) is 5. The second-order valence-corrected chi connectivity index (χ2v) is 7.92. The molecule has 0 saturated heterocycles. The van der Waals surface area contributed by atoms with Gasteiger partial charge in [-0.3, -0.25) is 10.1 Å². The van der Waals surface area contributed by atoms with Crippen LogP contribution < -0.4 is 5.32 Å². The SMILES string of the molecule is C[S+]([O-])c1ccc(F)cc1-c1nc2c(C(=O)Nc3nccs3)cccc2[nH]1. The topological polar surface area (TPSA) is 93.7 Å².